The van der Waals surface area contributed by atoms with Gasteiger partial charge in [-0.1, -0.05) is 0 Å². The molecule has 0 bridgehead atoms. The Kier molecular flexibility index (Phi) is 8.34. The molecule has 0 fully saturated rings. The fourth-order valence-electron chi connectivity index (χ4n) is 1.89. The quantitative estimate of drug-likeness (QED) is 0.650. The van der Waals surface area contributed by atoms with Gasteiger partial charge in [0.25, 0.3) is 0 Å². The van der Waals surface area contributed by atoms with Crippen LogP contribution in [0.25, 0.3) is 0 Å². The summed E-state index contributed by atoms with van der Waals surface area (Å²) in [5.41, 5.74) is 1.21. The molecule has 1 rings (SSSR count). The van der Waals surface area contributed by atoms with Gasteiger partial charge in [-0.25, -0.2) is 4.79 Å². The van der Waals surface area contributed by atoms with Crippen LogP contribution in [-0.2, 0) is 9.47 Å². The second-order valence-electron chi connectivity index (χ2n) is 4.35. The van der Waals surface area contributed by atoms with Crippen molar-refractivity contribution < 1.29 is 19.4 Å². The lowest BCUT2D eigenvalue weighted by Gasteiger charge is -2.26. The molecule has 118 valence electrons. The van der Waals surface area contributed by atoms with Crippen molar-refractivity contribution in [1.29, 1.82) is 0 Å². The van der Waals surface area contributed by atoms with Crippen molar-refractivity contribution in [3.8, 4) is 0 Å². The summed E-state index contributed by atoms with van der Waals surface area (Å²) >= 11 is 3.45. The Morgan fingerprint density at radius 2 is 1.76 bits per heavy atom. The van der Waals surface area contributed by atoms with Crippen LogP contribution in [0.3, 0.4) is 0 Å². The minimum absolute atomic E-state index is 0.264. The molecule has 0 heterocycles. The zero-order valence-corrected chi connectivity index (χ0v) is 14.1. The number of anilines is 1. The number of carbonyl (C=O) groups is 1. The summed E-state index contributed by atoms with van der Waals surface area (Å²) in [4.78, 5) is 13.1. The first-order chi connectivity index (χ1) is 10.1. The molecule has 1 aromatic rings. The highest BCUT2D eigenvalue weighted by atomic mass is 79.9. The number of ether oxygens (including phenoxy) is 2. The summed E-state index contributed by atoms with van der Waals surface area (Å²) in [7, 11) is 0. The third-order valence-electron chi connectivity index (χ3n) is 2.95. The van der Waals surface area contributed by atoms with E-state index < -0.39 is 5.97 Å². The van der Waals surface area contributed by atoms with Crippen LogP contribution in [0.2, 0.25) is 0 Å². The lowest BCUT2D eigenvalue weighted by molar-refractivity contribution is 0.0696. The van der Waals surface area contributed by atoms with Gasteiger partial charge >= 0.3 is 5.97 Å². The van der Waals surface area contributed by atoms with Crippen molar-refractivity contribution in [1.82, 2.24) is 0 Å². The van der Waals surface area contributed by atoms with Gasteiger partial charge in [0.2, 0.25) is 0 Å². The maximum atomic E-state index is 11.0. The second-order valence-corrected chi connectivity index (χ2v) is 5.21. The lowest BCUT2D eigenvalue weighted by Crippen LogP contribution is -2.31. The highest BCUT2D eigenvalue weighted by Crippen LogP contribution is 2.27. The van der Waals surface area contributed by atoms with Crippen LogP contribution < -0.4 is 4.90 Å². The monoisotopic (exact) mass is 359 g/mol. The summed E-state index contributed by atoms with van der Waals surface area (Å²) in [5.74, 6) is -0.933. The van der Waals surface area contributed by atoms with Crippen LogP contribution in [0, 0.1) is 0 Å². The molecule has 5 nitrogen and oxygen atoms in total. The minimum atomic E-state index is -0.933. The van der Waals surface area contributed by atoms with Crippen molar-refractivity contribution >= 4 is 27.6 Å². The molecule has 0 aliphatic heterocycles. The number of carboxylic acids is 1. The standard InChI is InChI=1S/C15H22BrNO4/c1-3-20-9-7-17(8-10-21-4-2)14-6-5-12(15(18)19)11-13(14)16/h5-6,11H,3-4,7-10H2,1-2H3,(H,18,19). The Bertz CT molecular complexity index is 443. The first-order valence-corrected chi connectivity index (χ1v) is 7.82. The molecule has 0 aliphatic carbocycles. The fourth-order valence-corrected chi connectivity index (χ4v) is 2.52. The number of rotatable bonds is 10. The zero-order chi connectivity index (χ0) is 15.7. The number of hydrogen-bond acceptors (Lipinski definition) is 4. The number of halogens is 1. The van der Waals surface area contributed by atoms with Gasteiger partial charge in [-0.3, -0.25) is 0 Å². The topological polar surface area (TPSA) is 59.0 Å². The predicted molar refractivity (Wildman–Crippen MR) is 86.3 cm³/mol. The Morgan fingerprint density at radius 3 is 2.19 bits per heavy atom. The van der Waals surface area contributed by atoms with Crippen molar-refractivity contribution in [2.75, 3.05) is 44.4 Å². The molecular weight excluding hydrogens is 338 g/mol. The van der Waals surface area contributed by atoms with E-state index in [1.54, 1.807) is 12.1 Å². The number of hydrogen-bond donors (Lipinski definition) is 1. The molecule has 0 radical (unpaired) electrons. The van der Waals surface area contributed by atoms with Gasteiger partial charge in [0, 0.05) is 30.8 Å². The summed E-state index contributed by atoms with van der Waals surface area (Å²) in [6.07, 6.45) is 0. The minimum Gasteiger partial charge on any atom is -0.478 e. The molecule has 0 saturated heterocycles. The van der Waals surface area contributed by atoms with E-state index in [4.69, 9.17) is 14.6 Å². The first-order valence-electron chi connectivity index (χ1n) is 7.03. The number of aromatic carboxylic acids is 1. The molecule has 0 saturated carbocycles. The lowest BCUT2D eigenvalue weighted by atomic mass is 10.2. The van der Waals surface area contributed by atoms with Crippen molar-refractivity contribution in [3.63, 3.8) is 0 Å². The molecule has 0 unspecified atom stereocenters. The first kappa shape index (κ1) is 17.9. The van der Waals surface area contributed by atoms with E-state index in [1.165, 1.54) is 0 Å². The Hall–Kier alpha value is -1.11. The predicted octanol–water partition coefficient (Wildman–Crippen LogP) is 3.03. The van der Waals surface area contributed by atoms with E-state index in [0.717, 1.165) is 23.2 Å². The van der Waals surface area contributed by atoms with Gasteiger partial charge in [0.1, 0.15) is 0 Å². The highest BCUT2D eigenvalue weighted by molar-refractivity contribution is 9.10. The van der Waals surface area contributed by atoms with Gasteiger partial charge in [-0.05, 0) is 48.0 Å². The highest BCUT2D eigenvalue weighted by Gasteiger charge is 2.12. The average molecular weight is 360 g/mol. The van der Waals surface area contributed by atoms with Crippen molar-refractivity contribution in [2.24, 2.45) is 0 Å². The SMILES string of the molecule is CCOCCN(CCOCC)c1ccc(C(=O)O)cc1Br. The maximum Gasteiger partial charge on any atom is 0.335 e. The molecular formula is C15H22BrNO4. The van der Waals surface area contributed by atoms with Gasteiger partial charge in [0.05, 0.1) is 24.5 Å². The van der Waals surface area contributed by atoms with Crippen LogP contribution in [0.15, 0.2) is 22.7 Å². The van der Waals surface area contributed by atoms with Gasteiger partial charge < -0.3 is 19.5 Å². The third kappa shape index (κ3) is 6.03. The number of carboxylic acid groups (broad SMARTS) is 1. The molecule has 0 atom stereocenters. The van der Waals surface area contributed by atoms with Crippen molar-refractivity contribution in [3.05, 3.63) is 28.2 Å². The molecule has 1 aromatic carbocycles. The van der Waals surface area contributed by atoms with Gasteiger partial charge in [-0.15, -0.1) is 0 Å². The average Bonchev–Trinajstić information content (AvgIpc) is 2.46. The molecule has 1 N–H and O–H groups in total. The Balaban J connectivity index is 2.82. The normalized spacial score (nSPS) is 10.6. The van der Waals surface area contributed by atoms with Crippen LogP contribution in [-0.4, -0.2) is 50.6 Å². The van der Waals surface area contributed by atoms with Crippen LogP contribution in [0.5, 0.6) is 0 Å². The Morgan fingerprint density at radius 1 is 1.19 bits per heavy atom. The van der Waals surface area contributed by atoms with E-state index in [1.807, 2.05) is 19.9 Å². The summed E-state index contributed by atoms with van der Waals surface area (Å²) in [6, 6.07) is 5.04. The third-order valence-corrected chi connectivity index (χ3v) is 3.59. The largest absolute Gasteiger partial charge is 0.478 e. The van der Waals surface area contributed by atoms with Crippen LogP contribution >= 0.6 is 15.9 Å². The second kappa shape index (κ2) is 9.76. The zero-order valence-electron chi connectivity index (χ0n) is 12.5. The van der Waals surface area contributed by atoms with E-state index in [-0.39, 0.29) is 5.56 Å². The molecule has 0 aliphatic rings. The summed E-state index contributed by atoms with van der Waals surface area (Å²) in [5, 5.41) is 9.01. The molecule has 6 heteroatoms. The molecule has 0 spiro atoms. The Labute approximate surface area is 134 Å². The van der Waals surface area contributed by atoms with E-state index >= 15 is 0 Å². The fraction of sp³-hybridized carbons (Fsp3) is 0.533. The number of benzene rings is 1. The molecule has 21 heavy (non-hydrogen) atoms. The van der Waals surface area contributed by atoms with Crippen LogP contribution in [0.4, 0.5) is 5.69 Å². The van der Waals surface area contributed by atoms with Crippen molar-refractivity contribution in [2.45, 2.75) is 13.8 Å². The maximum absolute atomic E-state index is 11.0. The van der Waals surface area contributed by atoms with Crippen LogP contribution in [0.1, 0.15) is 24.2 Å². The van der Waals surface area contributed by atoms with Gasteiger partial charge in [0.15, 0.2) is 0 Å². The smallest absolute Gasteiger partial charge is 0.335 e. The molecule has 0 aromatic heterocycles. The molecule has 0 amide bonds. The van der Waals surface area contributed by atoms with E-state index in [9.17, 15) is 4.79 Å². The summed E-state index contributed by atoms with van der Waals surface area (Å²) < 4.78 is 11.6. The number of nitrogens with zero attached hydrogens (tertiary/aromatic N) is 1. The van der Waals surface area contributed by atoms with Gasteiger partial charge in [-0.2, -0.15) is 0 Å². The van der Waals surface area contributed by atoms with E-state index in [2.05, 4.69) is 20.8 Å². The van der Waals surface area contributed by atoms with E-state index in [0.29, 0.717) is 26.4 Å². The summed E-state index contributed by atoms with van der Waals surface area (Å²) in [6.45, 7) is 7.98.